The van der Waals surface area contributed by atoms with Crippen molar-refractivity contribution in [3.8, 4) is 0 Å². The second-order valence-electron chi connectivity index (χ2n) is 21.3. The van der Waals surface area contributed by atoms with Crippen LogP contribution in [0.4, 0.5) is 0 Å². The normalized spacial score (nSPS) is 18.5. The number of aliphatic hydroxyl groups excluding tert-OH is 2. The molecule has 1 fully saturated rings. The maximum Gasteiger partial charge on any atom is 0.335 e. The van der Waals surface area contributed by atoms with Crippen LogP contribution in [0.25, 0.3) is 0 Å². The number of carboxylic acids is 1. The molecule has 0 aromatic heterocycles. The van der Waals surface area contributed by atoms with E-state index in [1.165, 1.54) is 38.5 Å². The van der Waals surface area contributed by atoms with Crippen LogP contribution < -0.4 is 0 Å². The van der Waals surface area contributed by atoms with Gasteiger partial charge in [0.1, 0.15) is 18.8 Å². The van der Waals surface area contributed by atoms with Gasteiger partial charge in [0.15, 0.2) is 24.6 Å². The van der Waals surface area contributed by atoms with Crippen LogP contribution in [0.5, 0.6) is 0 Å². The minimum absolute atomic E-state index is 0.0415. The van der Waals surface area contributed by atoms with Gasteiger partial charge in [-0.25, -0.2) is 4.79 Å². The van der Waals surface area contributed by atoms with Gasteiger partial charge in [-0.05, 0) is 122 Å². The van der Waals surface area contributed by atoms with Crippen LogP contribution in [0.2, 0.25) is 0 Å². The number of carboxylic acid groups (broad SMARTS) is 1. The van der Waals surface area contributed by atoms with Gasteiger partial charge in [-0.3, -0.25) is 14.4 Å². The number of allylic oxidation sites excluding steroid dienone is 18. The number of aliphatic hydroxyl groups is 2. The number of rotatable bonds is 53. The second kappa shape index (κ2) is 55.9. The fraction of sp³-hybridized carbons (Fsp3) is 0.681. The van der Waals surface area contributed by atoms with Gasteiger partial charge in [0.2, 0.25) is 0 Å². The minimum atomic E-state index is -1.92. The van der Waals surface area contributed by atoms with E-state index in [4.69, 9.17) is 23.7 Å². The number of unbranched alkanes of at least 4 members (excludes halogenated alkanes) is 21. The zero-order valence-electron chi connectivity index (χ0n) is 50.7. The van der Waals surface area contributed by atoms with E-state index in [2.05, 4.69) is 130 Å². The van der Waals surface area contributed by atoms with Crippen LogP contribution in [0.1, 0.15) is 252 Å². The third-order valence-electron chi connectivity index (χ3n) is 13.8. The summed E-state index contributed by atoms with van der Waals surface area (Å²) in [5, 5.41) is 31.6. The lowest BCUT2D eigenvalue weighted by Gasteiger charge is -2.40. The SMILES string of the molecule is CC/C=C\C/C=C\C/C=C\C/C=C\CCCCCCCCC(=O)OCC(COC1OC(C(=O)O)C(O)C(O)C1OC(=O)CCCCCCC/C=C\CCCCCCCC)OC(=O)CCCCCC/C=C\C/C=C\C/C=C\C/C=C\CC. The Hall–Kier alpha value is -4.62. The van der Waals surface area contributed by atoms with E-state index < -0.39 is 67.3 Å². The van der Waals surface area contributed by atoms with E-state index in [-0.39, 0.29) is 25.9 Å². The number of carbonyl (C=O) groups is 4. The van der Waals surface area contributed by atoms with Crippen LogP contribution in [0, 0.1) is 0 Å². The van der Waals surface area contributed by atoms with Crippen molar-refractivity contribution in [2.75, 3.05) is 13.2 Å². The van der Waals surface area contributed by atoms with E-state index in [0.717, 1.165) is 154 Å². The summed E-state index contributed by atoms with van der Waals surface area (Å²) < 4.78 is 28.5. The number of carbonyl (C=O) groups excluding carboxylic acids is 3. The molecule has 0 aromatic carbocycles. The molecule has 1 saturated heterocycles. The molecule has 0 spiro atoms. The highest BCUT2D eigenvalue weighted by atomic mass is 16.7. The number of ether oxygens (including phenoxy) is 5. The van der Waals surface area contributed by atoms with Gasteiger partial charge >= 0.3 is 23.9 Å². The summed E-state index contributed by atoms with van der Waals surface area (Å²) in [6, 6.07) is 0. The Morgan fingerprint density at radius 1 is 0.420 bits per heavy atom. The predicted octanol–water partition coefficient (Wildman–Crippen LogP) is 17.0. The molecular weight excluding hydrogens is 1020 g/mol. The summed E-state index contributed by atoms with van der Waals surface area (Å²) in [5.74, 6) is -3.19. The molecule has 0 saturated carbocycles. The van der Waals surface area contributed by atoms with Crippen molar-refractivity contribution >= 4 is 23.9 Å². The first kappa shape index (κ1) is 74.4. The van der Waals surface area contributed by atoms with Gasteiger partial charge in [-0.15, -0.1) is 0 Å². The molecule has 460 valence electrons. The lowest BCUT2D eigenvalue weighted by atomic mass is 9.98. The zero-order chi connectivity index (χ0) is 58.9. The van der Waals surface area contributed by atoms with Crippen LogP contribution >= 0.6 is 0 Å². The average molecular weight is 1130 g/mol. The Labute approximate surface area is 491 Å². The van der Waals surface area contributed by atoms with Crippen molar-refractivity contribution < 1.29 is 58.2 Å². The van der Waals surface area contributed by atoms with Gasteiger partial charge in [-0.1, -0.05) is 220 Å². The molecule has 12 heteroatoms. The van der Waals surface area contributed by atoms with Crippen LogP contribution in [-0.4, -0.2) is 89.2 Å². The zero-order valence-corrected chi connectivity index (χ0v) is 50.7. The van der Waals surface area contributed by atoms with E-state index >= 15 is 0 Å². The van der Waals surface area contributed by atoms with Crippen molar-refractivity contribution in [2.45, 2.75) is 289 Å². The molecular formula is C69H112O12. The molecule has 0 aliphatic carbocycles. The first-order valence-electron chi connectivity index (χ1n) is 31.9. The molecule has 6 atom stereocenters. The molecule has 0 bridgehead atoms. The molecule has 1 rings (SSSR count). The molecule has 3 N–H and O–H groups in total. The molecule has 1 heterocycles. The fourth-order valence-corrected chi connectivity index (χ4v) is 8.99. The Morgan fingerprint density at radius 2 is 0.778 bits per heavy atom. The number of hydrogen-bond acceptors (Lipinski definition) is 11. The molecule has 1 aliphatic heterocycles. The Balaban J connectivity index is 2.71. The van der Waals surface area contributed by atoms with E-state index in [1.54, 1.807) is 0 Å². The van der Waals surface area contributed by atoms with Crippen molar-refractivity contribution in [2.24, 2.45) is 0 Å². The van der Waals surface area contributed by atoms with Gasteiger partial charge in [0.25, 0.3) is 0 Å². The van der Waals surface area contributed by atoms with Crippen molar-refractivity contribution in [3.63, 3.8) is 0 Å². The second-order valence-corrected chi connectivity index (χ2v) is 21.3. The van der Waals surface area contributed by atoms with Crippen molar-refractivity contribution in [1.82, 2.24) is 0 Å². The highest BCUT2D eigenvalue weighted by molar-refractivity contribution is 5.74. The van der Waals surface area contributed by atoms with E-state index in [9.17, 15) is 34.5 Å². The van der Waals surface area contributed by atoms with Crippen LogP contribution in [-0.2, 0) is 42.9 Å². The third kappa shape index (κ3) is 45.6. The lowest BCUT2D eigenvalue weighted by Crippen LogP contribution is -2.61. The van der Waals surface area contributed by atoms with Gasteiger partial charge < -0.3 is 39.0 Å². The summed E-state index contributed by atoms with van der Waals surface area (Å²) >= 11 is 0. The van der Waals surface area contributed by atoms with Gasteiger partial charge in [0, 0.05) is 19.3 Å². The smallest absolute Gasteiger partial charge is 0.335 e. The molecule has 81 heavy (non-hydrogen) atoms. The highest BCUT2D eigenvalue weighted by Crippen LogP contribution is 2.26. The van der Waals surface area contributed by atoms with Crippen molar-refractivity contribution in [3.05, 3.63) is 109 Å². The molecule has 0 radical (unpaired) electrons. The average Bonchev–Trinajstić information content (AvgIpc) is 3.53. The largest absolute Gasteiger partial charge is 0.479 e. The monoisotopic (exact) mass is 1130 g/mol. The fourth-order valence-electron chi connectivity index (χ4n) is 8.99. The quantitative estimate of drug-likeness (QED) is 0.0228. The summed E-state index contributed by atoms with van der Waals surface area (Å²) in [7, 11) is 0. The Morgan fingerprint density at radius 3 is 1.20 bits per heavy atom. The molecule has 0 amide bonds. The van der Waals surface area contributed by atoms with Crippen LogP contribution in [0.3, 0.4) is 0 Å². The Kier molecular flexibility index (Phi) is 51.3. The van der Waals surface area contributed by atoms with Gasteiger partial charge in [0.05, 0.1) is 6.61 Å². The third-order valence-corrected chi connectivity index (χ3v) is 13.8. The first-order chi connectivity index (χ1) is 39.6. The number of esters is 3. The van der Waals surface area contributed by atoms with E-state index in [1.807, 2.05) is 0 Å². The molecule has 12 nitrogen and oxygen atoms in total. The topological polar surface area (TPSA) is 175 Å². The number of aliphatic carboxylic acids is 1. The molecule has 0 aromatic rings. The molecule has 6 unspecified atom stereocenters. The maximum absolute atomic E-state index is 13.2. The Bertz CT molecular complexity index is 1820. The molecule has 1 aliphatic rings. The van der Waals surface area contributed by atoms with Crippen LogP contribution in [0.15, 0.2) is 109 Å². The predicted molar refractivity (Wildman–Crippen MR) is 330 cm³/mol. The standard InChI is InChI=1S/C69H112O12/c1-4-7-10-13-16-19-22-25-28-30-31-33-35-37-40-43-46-49-52-55-61(70)77-58-60(79-62(71)56-53-50-47-44-41-39-36-32-29-26-23-20-17-14-11-8-5-2)59-78-69-67(65(74)64(73)66(81-69)68(75)76)80-63(72)57-54-51-48-45-42-38-34-27-24-21-18-15-12-9-6-3/h7-8,10-11,16-17,19-20,25-29,31,33-34,36,39,60,64-67,69,73-74H,4-6,9,12-15,18,21-24,30,32,35,37-38,40-59H2,1-3H3,(H,75,76)/b10-7-,11-8-,19-16-,20-17-,28-25-,29-26-,33-31-,34-27-,39-36-. The maximum atomic E-state index is 13.2. The lowest BCUT2D eigenvalue weighted by molar-refractivity contribution is -0.301. The number of hydrogen-bond donors (Lipinski definition) is 3. The van der Waals surface area contributed by atoms with Crippen molar-refractivity contribution in [1.29, 1.82) is 0 Å². The first-order valence-corrected chi connectivity index (χ1v) is 31.9. The summed E-state index contributed by atoms with van der Waals surface area (Å²) in [6.07, 6.45) is 63.3. The minimum Gasteiger partial charge on any atom is -0.479 e. The summed E-state index contributed by atoms with van der Waals surface area (Å²) in [6.45, 7) is 5.74. The highest BCUT2D eigenvalue weighted by Gasteiger charge is 2.50. The summed E-state index contributed by atoms with van der Waals surface area (Å²) in [4.78, 5) is 51.3. The summed E-state index contributed by atoms with van der Waals surface area (Å²) in [5.41, 5.74) is 0. The van der Waals surface area contributed by atoms with Gasteiger partial charge in [-0.2, -0.15) is 0 Å². The van der Waals surface area contributed by atoms with E-state index in [0.29, 0.717) is 19.3 Å².